The maximum absolute atomic E-state index is 12.4. The minimum atomic E-state index is 0.222. The smallest absolute Gasteiger partial charge is 0.277 e. The molecule has 26 heavy (non-hydrogen) atoms. The quantitative estimate of drug-likeness (QED) is 0.527. The molecule has 1 amide bonds. The first-order valence-electron chi connectivity index (χ1n) is 9.69. The van der Waals surface area contributed by atoms with Crippen molar-refractivity contribution >= 4 is 5.91 Å². The summed E-state index contributed by atoms with van der Waals surface area (Å²) in [5.74, 6) is 1.67. The van der Waals surface area contributed by atoms with Crippen LogP contribution in [0.4, 0.5) is 0 Å². The molecule has 1 aromatic carbocycles. The fourth-order valence-electron chi connectivity index (χ4n) is 3.28. The second-order valence-electron chi connectivity index (χ2n) is 8.21. The average Bonchev–Trinajstić information content (AvgIpc) is 2.59. The van der Waals surface area contributed by atoms with Crippen LogP contribution < -0.4 is 4.74 Å². The zero-order chi connectivity index (χ0) is 19.2. The fourth-order valence-corrected chi connectivity index (χ4v) is 3.28. The van der Waals surface area contributed by atoms with Crippen LogP contribution in [0.2, 0.25) is 0 Å². The van der Waals surface area contributed by atoms with Crippen LogP contribution in [0.25, 0.3) is 0 Å². The van der Waals surface area contributed by atoms with Gasteiger partial charge in [-0.3, -0.25) is 4.79 Å². The molecule has 0 aliphatic carbocycles. The predicted molar refractivity (Wildman–Crippen MR) is 105 cm³/mol. The second-order valence-corrected chi connectivity index (χ2v) is 8.21. The van der Waals surface area contributed by atoms with Gasteiger partial charge in [-0.1, -0.05) is 26.0 Å². The first-order valence-corrected chi connectivity index (χ1v) is 9.69. The van der Waals surface area contributed by atoms with Crippen molar-refractivity contribution in [2.75, 3.05) is 60.1 Å². The summed E-state index contributed by atoms with van der Waals surface area (Å²) in [6, 6.07) is 6.42. The Hall–Kier alpha value is -1.59. The van der Waals surface area contributed by atoms with Gasteiger partial charge in [-0.05, 0) is 30.0 Å². The third-order valence-corrected chi connectivity index (χ3v) is 4.88. The third-order valence-electron chi connectivity index (χ3n) is 4.88. The third kappa shape index (κ3) is 6.29. The van der Waals surface area contributed by atoms with Gasteiger partial charge in [0.15, 0.2) is 6.54 Å². The largest absolute Gasteiger partial charge is 0.493 e. The molecule has 0 unspecified atom stereocenters. The number of hydrogen-bond acceptors (Lipinski definition) is 3. The molecular formula is C21H35N2O3+. The number of aryl methyl sites for hydroxylation is 1. The molecule has 0 N–H and O–H groups in total. The molecule has 2 rings (SSSR count). The van der Waals surface area contributed by atoms with E-state index in [9.17, 15) is 4.79 Å². The first kappa shape index (κ1) is 20.7. The molecule has 0 saturated carbocycles. The lowest BCUT2D eigenvalue weighted by atomic mass is 10.0. The Labute approximate surface area is 158 Å². The van der Waals surface area contributed by atoms with Gasteiger partial charge in [0.2, 0.25) is 0 Å². The Balaban J connectivity index is 1.79. The molecular weight excluding hydrogens is 328 g/mol. The number of benzene rings is 1. The number of quaternary nitrogens is 1. The van der Waals surface area contributed by atoms with Gasteiger partial charge < -0.3 is 18.9 Å². The van der Waals surface area contributed by atoms with Crippen molar-refractivity contribution in [2.24, 2.45) is 0 Å². The summed E-state index contributed by atoms with van der Waals surface area (Å²) in [6.07, 6.45) is 0.925. The number of amides is 1. The number of nitrogens with zero attached hydrogens (tertiary/aromatic N) is 2. The van der Waals surface area contributed by atoms with Gasteiger partial charge in [-0.25, -0.2) is 0 Å². The molecule has 0 atom stereocenters. The minimum Gasteiger partial charge on any atom is -0.493 e. The maximum atomic E-state index is 12.4. The van der Waals surface area contributed by atoms with E-state index in [1.165, 1.54) is 11.1 Å². The second kappa shape index (κ2) is 9.38. The van der Waals surface area contributed by atoms with E-state index in [0.717, 1.165) is 18.7 Å². The van der Waals surface area contributed by atoms with Crippen molar-refractivity contribution in [1.29, 1.82) is 0 Å². The van der Waals surface area contributed by atoms with Gasteiger partial charge in [0.05, 0.1) is 40.5 Å². The highest BCUT2D eigenvalue weighted by Gasteiger charge is 2.25. The number of morpholine rings is 1. The molecule has 0 bridgehead atoms. The number of likely N-dealkylation sites (N-methyl/N-ethyl adjacent to an activating group) is 1. The lowest BCUT2D eigenvalue weighted by Crippen LogP contribution is -2.51. The monoisotopic (exact) mass is 363 g/mol. The molecule has 0 radical (unpaired) electrons. The van der Waals surface area contributed by atoms with Crippen LogP contribution in [0.1, 0.15) is 37.3 Å². The Morgan fingerprint density at radius 3 is 2.62 bits per heavy atom. The summed E-state index contributed by atoms with van der Waals surface area (Å²) >= 11 is 0. The van der Waals surface area contributed by atoms with Crippen LogP contribution in [0.5, 0.6) is 5.75 Å². The highest BCUT2D eigenvalue weighted by atomic mass is 16.5. The Morgan fingerprint density at radius 1 is 1.27 bits per heavy atom. The van der Waals surface area contributed by atoms with Gasteiger partial charge in [0, 0.05) is 19.5 Å². The zero-order valence-corrected chi connectivity index (χ0v) is 17.1. The summed E-state index contributed by atoms with van der Waals surface area (Å²) in [6.45, 7) is 11.3. The van der Waals surface area contributed by atoms with Crippen LogP contribution in [-0.4, -0.2) is 75.4 Å². The van der Waals surface area contributed by atoms with E-state index in [2.05, 4.69) is 53.1 Å². The van der Waals surface area contributed by atoms with Crippen molar-refractivity contribution in [2.45, 2.75) is 33.1 Å². The van der Waals surface area contributed by atoms with Crippen molar-refractivity contribution < 1.29 is 18.8 Å². The van der Waals surface area contributed by atoms with Crippen molar-refractivity contribution in [3.05, 3.63) is 29.3 Å². The Kier molecular flexibility index (Phi) is 7.47. The lowest BCUT2D eigenvalue weighted by Gasteiger charge is -2.33. The normalized spacial score (nSPS) is 15.4. The van der Waals surface area contributed by atoms with Crippen LogP contribution in [-0.2, 0) is 9.53 Å². The number of hydrogen-bond donors (Lipinski definition) is 0. The highest BCUT2D eigenvalue weighted by molar-refractivity contribution is 5.77. The summed E-state index contributed by atoms with van der Waals surface area (Å²) in [7, 11) is 4.23. The van der Waals surface area contributed by atoms with Crippen molar-refractivity contribution in [3.63, 3.8) is 0 Å². The number of carbonyl (C=O) groups is 1. The predicted octanol–water partition coefficient (Wildman–Crippen LogP) is 2.82. The van der Waals surface area contributed by atoms with Gasteiger partial charge >= 0.3 is 0 Å². The van der Waals surface area contributed by atoms with E-state index in [1.807, 2.05) is 4.90 Å². The van der Waals surface area contributed by atoms with E-state index >= 15 is 0 Å². The molecule has 5 nitrogen and oxygen atoms in total. The SMILES string of the molecule is Cc1ccc(C(C)C)c(OCCC[N+](C)(C)CC(=O)N2CCOCC2)c1. The molecule has 1 aliphatic heterocycles. The summed E-state index contributed by atoms with van der Waals surface area (Å²) < 4.78 is 12.1. The highest BCUT2D eigenvalue weighted by Crippen LogP contribution is 2.27. The molecule has 1 aliphatic rings. The van der Waals surface area contributed by atoms with Gasteiger partial charge in [-0.15, -0.1) is 0 Å². The number of carbonyl (C=O) groups excluding carboxylic acids is 1. The van der Waals surface area contributed by atoms with Crippen LogP contribution in [0, 0.1) is 6.92 Å². The molecule has 1 heterocycles. The van der Waals surface area contributed by atoms with Gasteiger partial charge in [0.1, 0.15) is 5.75 Å². The number of rotatable bonds is 8. The van der Waals surface area contributed by atoms with Crippen LogP contribution in [0.3, 0.4) is 0 Å². The molecule has 146 valence electrons. The average molecular weight is 364 g/mol. The molecule has 0 aromatic heterocycles. The maximum Gasteiger partial charge on any atom is 0.277 e. The Bertz CT molecular complexity index is 593. The van der Waals surface area contributed by atoms with E-state index in [1.54, 1.807) is 0 Å². The van der Waals surface area contributed by atoms with Gasteiger partial charge in [0.25, 0.3) is 5.91 Å². The minimum absolute atomic E-state index is 0.222. The summed E-state index contributed by atoms with van der Waals surface area (Å²) in [4.78, 5) is 14.4. The lowest BCUT2D eigenvalue weighted by molar-refractivity contribution is -0.882. The zero-order valence-electron chi connectivity index (χ0n) is 17.1. The van der Waals surface area contributed by atoms with Crippen molar-refractivity contribution in [3.8, 4) is 5.75 Å². The van der Waals surface area contributed by atoms with E-state index < -0.39 is 0 Å². The Morgan fingerprint density at radius 2 is 1.96 bits per heavy atom. The van der Waals surface area contributed by atoms with E-state index in [0.29, 0.717) is 49.9 Å². The molecule has 1 fully saturated rings. The molecule has 5 heteroatoms. The van der Waals surface area contributed by atoms with E-state index in [-0.39, 0.29) is 5.91 Å². The topological polar surface area (TPSA) is 38.8 Å². The van der Waals surface area contributed by atoms with Crippen LogP contribution in [0.15, 0.2) is 18.2 Å². The number of ether oxygens (including phenoxy) is 2. The standard InChI is InChI=1S/C21H35N2O3/c1-17(2)19-8-7-18(3)15-20(19)26-12-6-11-23(4,5)16-21(24)22-9-13-25-14-10-22/h7-8,15,17H,6,9-14,16H2,1-5H3/q+1. The fraction of sp³-hybridized carbons (Fsp3) is 0.667. The molecule has 1 saturated heterocycles. The molecule has 1 aromatic rings. The van der Waals surface area contributed by atoms with Crippen LogP contribution >= 0.6 is 0 Å². The summed E-state index contributed by atoms with van der Waals surface area (Å²) in [5, 5.41) is 0. The molecule has 0 spiro atoms. The first-order chi connectivity index (χ1) is 12.3. The van der Waals surface area contributed by atoms with Gasteiger partial charge in [-0.2, -0.15) is 0 Å². The van der Waals surface area contributed by atoms with E-state index in [4.69, 9.17) is 9.47 Å². The van der Waals surface area contributed by atoms with Crippen molar-refractivity contribution in [1.82, 2.24) is 4.90 Å². The summed E-state index contributed by atoms with van der Waals surface area (Å²) in [5.41, 5.74) is 2.48.